The summed E-state index contributed by atoms with van der Waals surface area (Å²) < 4.78 is 14.4. The zero-order chi connectivity index (χ0) is 37.5. The van der Waals surface area contributed by atoms with Crippen LogP contribution in [0.5, 0.6) is 5.75 Å². The first kappa shape index (κ1) is 36.4. The molecule has 0 aliphatic carbocycles. The molecule has 2 saturated heterocycles. The van der Waals surface area contributed by atoms with E-state index in [1.54, 1.807) is 27.7 Å². The molecule has 3 aliphatic heterocycles. The van der Waals surface area contributed by atoms with Gasteiger partial charge in [-0.1, -0.05) is 54.7 Å². The summed E-state index contributed by atoms with van der Waals surface area (Å²) in [6.45, 7) is 8.87. The number of carbonyl (C=O) groups excluding carboxylic acids is 2. The third-order valence-electron chi connectivity index (χ3n) is 11.3. The van der Waals surface area contributed by atoms with Crippen molar-refractivity contribution in [3.05, 3.63) is 99.9 Å². The van der Waals surface area contributed by atoms with E-state index in [1.807, 2.05) is 42.6 Å². The Hall–Kier alpha value is -4.96. The van der Waals surface area contributed by atoms with E-state index < -0.39 is 24.7 Å². The van der Waals surface area contributed by atoms with Crippen LogP contribution in [-0.2, 0) is 39.4 Å². The van der Waals surface area contributed by atoms with E-state index in [-0.39, 0.29) is 48.7 Å². The smallest absolute Gasteiger partial charge is 0.269 e. The Kier molecular flexibility index (Phi) is 9.93. The van der Waals surface area contributed by atoms with E-state index in [0.717, 1.165) is 17.0 Å². The number of carbonyl (C=O) groups is 2. The van der Waals surface area contributed by atoms with Gasteiger partial charge in [-0.2, -0.15) is 0 Å². The van der Waals surface area contributed by atoms with Gasteiger partial charge in [0, 0.05) is 68.2 Å². The summed E-state index contributed by atoms with van der Waals surface area (Å²) in [6, 6.07) is 20.3. The highest BCUT2D eigenvalue weighted by atomic mass is 28.3. The molecule has 0 unspecified atom stereocenters. The molecule has 1 aromatic heterocycles. The van der Waals surface area contributed by atoms with Crippen molar-refractivity contribution in [2.75, 3.05) is 43.2 Å². The summed E-state index contributed by atoms with van der Waals surface area (Å²) in [5.74, 6) is 0.155. The lowest BCUT2D eigenvalue weighted by atomic mass is 9.82. The number of rotatable bonds is 12. The molecule has 7 rings (SSSR count). The van der Waals surface area contributed by atoms with Crippen LogP contribution in [0.2, 0.25) is 18.6 Å². The van der Waals surface area contributed by atoms with E-state index in [2.05, 4.69) is 47.8 Å². The fourth-order valence-corrected chi connectivity index (χ4v) is 12.7. The highest BCUT2D eigenvalue weighted by molar-refractivity contribution is 6.91. The van der Waals surface area contributed by atoms with Crippen LogP contribution in [0.25, 0.3) is 0 Å². The molecule has 14 nitrogen and oxygen atoms in total. The van der Waals surface area contributed by atoms with Crippen LogP contribution in [0, 0.1) is 16.0 Å². The van der Waals surface area contributed by atoms with Crippen molar-refractivity contribution in [1.82, 2.24) is 20.3 Å². The Bertz CT molecular complexity index is 2000. The second-order valence-electron chi connectivity index (χ2n) is 14.6. The number of aryl methyl sites for hydroxylation is 1. The van der Waals surface area contributed by atoms with Crippen LogP contribution >= 0.6 is 0 Å². The first-order valence-corrected chi connectivity index (χ1v) is 21.1. The fourth-order valence-electron chi connectivity index (χ4n) is 8.62. The number of nitro groups is 1. The van der Waals surface area contributed by atoms with Gasteiger partial charge in [0.1, 0.15) is 5.75 Å². The first-order chi connectivity index (χ1) is 25.5. The quantitative estimate of drug-likeness (QED) is 0.125. The van der Waals surface area contributed by atoms with Crippen molar-refractivity contribution >= 4 is 42.1 Å². The van der Waals surface area contributed by atoms with Crippen LogP contribution in [0.15, 0.2) is 72.9 Å². The van der Waals surface area contributed by atoms with Gasteiger partial charge in [0.15, 0.2) is 5.60 Å². The topological polar surface area (TPSA) is 165 Å². The van der Waals surface area contributed by atoms with Gasteiger partial charge in [-0.3, -0.25) is 24.4 Å². The van der Waals surface area contributed by atoms with Gasteiger partial charge < -0.3 is 29.7 Å². The Morgan fingerprint density at radius 2 is 1.87 bits per heavy atom. The molecule has 0 saturated carbocycles. The van der Waals surface area contributed by atoms with Crippen LogP contribution in [-0.4, -0.2) is 84.4 Å². The van der Waals surface area contributed by atoms with Gasteiger partial charge in [0.05, 0.1) is 50.7 Å². The van der Waals surface area contributed by atoms with Crippen molar-refractivity contribution in [3.8, 4) is 5.75 Å². The number of fused-ring (bicyclic) bond motifs is 2. The minimum Gasteiger partial charge on any atom is -0.497 e. The summed E-state index contributed by atoms with van der Waals surface area (Å²) >= 11 is 0. The minimum absolute atomic E-state index is 0.00296. The normalized spacial score (nSPS) is 22.8. The number of amides is 2. The number of piperazine rings is 1. The van der Waals surface area contributed by atoms with Crippen molar-refractivity contribution < 1.29 is 29.1 Å². The maximum atomic E-state index is 15.1. The lowest BCUT2D eigenvalue weighted by Crippen LogP contribution is -2.51. The number of hydrogen-bond acceptors (Lipinski definition) is 10. The number of methoxy groups -OCH3 is 1. The lowest BCUT2D eigenvalue weighted by molar-refractivity contribution is -0.385. The zero-order valence-electron chi connectivity index (χ0n) is 30.4. The first-order valence-electron chi connectivity index (χ1n) is 18.0. The molecule has 53 heavy (non-hydrogen) atoms. The van der Waals surface area contributed by atoms with Crippen molar-refractivity contribution in [1.29, 1.82) is 0 Å². The molecule has 15 heteroatoms. The van der Waals surface area contributed by atoms with Gasteiger partial charge in [-0.05, 0) is 47.9 Å². The third kappa shape index (κ3) is 6.51. The predicted molar refractivity (Wildman–Crippen MR) is 201 cm³/mol. The predicted octanol–water partition coefficient (Wildman–Crippen LogP) is 3.52. The molecule has 4 atom stereocenters. The summed E-state index contributed by atoms with van der Waals surface area (Å²) in [4.78, 5) is 42.8. The molecule has 2 N–H and O–H groups in total. The Morgan fingerprint density at radius 3 is 2.55 bits per heavy atom. The van der Waals surface area contributed by atoms with E-state index in [1.165, 1.54) is 17.3 Å². The molecule has 1 spiro atoms. The molecular formula is C38H45N7O7Si. The highest BCUT2D eigenvalue weighted by Gasteiger charge is 2.66. The summed E-state index contributed by atoms with van der Waals surface area (Å²) in [5, 5.41) is 34.3. The average Bonchev–Trinajstić information content (AvgIpc) is 3.81. The largest absolute Gasteiger partial charge is 0.497 e. The van der Waals surface area contributed by atoms with Gasteiger partial charge in [0.2, 0.25) is 5.91 Å². The summed E-state index contributed by atoms with van der Waals surface area (Å²) in [7, 11) is -0.824. The van der Waals surface area contributed by atoms with Crippen molar-refractivity contribution in [3.63, 3.8) is 0 Å². The fraction of sp³-hybridized carbons (Fsp3) is 0.421. The second kappa shape index (κ2) is 14.5. The van der Waals surface area contributed by atoms with Crippen LogP contribution in [0.1, 0.15) is 30.2 Å². The standard InChI is InChI=1S/C38H45N7O7Si/c1-25-36(53(3,4)31-12-10-30(51-2)11-13-31)34(15-18-42-24-27(16-20-46)40-41-42)52-38(25)32-21-29(45(49)50)9-14-33(32)44(37(38)48)23-26-5-7-28(8-6-26)43-19-17-39-22-35(43)47/h5-14,21,24-25,34,36,39,46H,15-20,22-23H2,1-4H3/t25-,34+,36-,38+/m0/s1. The average molecular weight is 740 g/mol. The lowest BCUT2D eigenvalue weighted by Gasteiger charge is -2.37. The minimum atomic E-state index is -2.46. The summed E-state index contributed by atoms with van der Waals surface area (Å²) in [6.07, 6.45) is 2.34. The highest BCUT2D eigenvalue weighted by Crippen LogP contribution is 2.60. The molecule has 3 aromatic carbocycles. The number of aliphatic hydroxyl groups excluding tert-OH is 1. The van der Waals surface area contributed by atoms with E-state index in [9.17, 15) is 20.0 Å². The Labute approximate surface area is 308 Å². The van der Waals surface area contributed by atoms with E-state index in [0.29, 0.717) is 49.4 Å². The number of nitro benzene ring substituents is 1. The molecule has 4 heterocycles. The molecule has 278 valence electrons. The maximum absolute atomic E-state index is 15.1. The molecule has 0 bridgehead atoms. The third-order valence-corrected chi connectivity index (χ3v) is 15.7. The Balaban J connectivity index is 1.27. The number of ether oxygens (including phenoxy) is 2. The number of non-ortho nitro benzene ring substituents is 1. The van der Waals surface area contributed by atoms with Gasteiger partial charge >= 0.3 is 0 Å². The van der Waals surface area contributed by atoms with Crippen LogP contribution in [0.3, 0.4) is 0 Å². The Morgan fingerprint density at radius 1 is 1.11 bits per heavy atom. The number of nitrogens with zero attached hydrogens (tertiary/aromatic N) is 6. The summed E-state index contributed by atoms with van der Waals surface area (Å²) in [5.41, 5.74) is 1.76. The van der Waals surface area contributed by atoms with Crippen molar-refractivity contribution in [2.24, 2.45) is 5.92 Å². The van der Waals surface area contributed by atoms with Gasteiger partial charge in [-0.15, -0.1) is 5.10 Å². The van der Waals surface area contributed by atoms with Gasteiger partial charge in [0.25, 0.3) is 11.6 Å². The second-order valence-corrected chi connectivity index (χ2v) is 19.3. The number of nitrogens with one attached hydrogen (secondary N) is 1. The number of benzene rings is 3. The van der Waals surface area contributed by atoms with Crippen LogP contribution in [0.4, 0.5) is 17.1 Å². The zero-order valence-corrected chi connectivity index (χ0v) is 31.4. The monoisotopic (exact) mass is 739 g/mol. The molecule has 4 aromatic rings. The number of anilines is 2. The molecular weight excluding hydrogens is 695 g/mol. The van der Waals surface area contributed by atoms with Gasteiger partial charge in [-0.25, -0.2) is 0 Å². The molecule has 3 aliphatic rings. The maximum Gasteiger partial charge on any atom is 0.269 e. The number of aliphatic hydroxyl groups is 1. The van der Waals surface area contributed by atoms with Crippen LogP contribution < -0.4 is 25.0 Å². The SMILES string of the molecule is COc1ccc([Si](C)(C)[C@@H]2[C@@H](CCn3cc(CCO)nn3)O[C@]3(C(=O)N(Cc4ccc(N5CCNCC5=O)cc4)c4ccc([N+](=O)[O-])cc43)[C@H]2C)cc1. The number of hydrogen-bond donors (Lipinski definition) is 2. The van der Waals surface area contributed by atoms with Crippen molar-refractivity contribution in [2.45, 2.75) is 63.2 Å². The van der Waals surface area contributed by atoms with E-state index in [4.69, 9.17) is 9.47 Å². The molecule has 2 fully saturated rings. The number of aromatic nitrogens is 3. The molecule has 2 amide bonds. The molecule has 0 radical (unpaired) electrons. The van der Waals surface area contributed by atoms with E-state index >= 15 is 4.79 Å².